The van der Waals surface area contributed by atoms with E-state index in [0.717, 1.165) is 17.0 Å². The predicted octanol–water partition coefficient (Wildman–Crippen LogP) is 1.94. The third-order valence-electron chi connectivity index (χ3n) is 1.69. The first-order valence-corrected chi connectivity index (χ1v) is 4.32. The van der Waals surface area contributed by atoms with Crippen molar-refractivity contribution < 1.29 is 0 Å². The smallest absolute Gasteiger partial charge is 0.200 e. The summed E-state index contributed by atoms with van der Waals surface area (Å²) in [6.45, 7) is 3.98. The second kappa shape index (κ2) is 4.50. The molecule has 0 fully saturated rings. The molecular weight excluding hydrogens is 162 g/mol. The average Bonchev–Trinajstić information content (AvgIpc) is 2.50. The minimum atomic E-state index is 0.793. The van der Waals surface area contributed by atoms with E-state index >= 15 is 0 Å². The molecule has 70 valence electrons. The maximum Gasteiger partial charge on any atom is 0.200 e. The maximum atomic E-state index is 4.04. The number of allylic oxidation sites excluding steroid dienone is 2. The number of aromatic nitrogens is 2. The van der Waals surface area contributed by atoms with Crippen LogP contribution in [0.25, 0.3) is 12.2 Å². The molecule has 0 amide bonds. The van der Waals surface area contributed by atoms with Crippen molar-refractivity contribution >= 4 is 12.2 Å². The van der Waals surface area contributed by atoms with E-state index in [1.54, 1.807) is 7.05 Å². The summed E-state index contributed by atoms with van der Waals surface area (Å²) in [4.78, 5) is 10.4. The van der Waals surface area contributed by atoms with Gasteiger partial charge in [-0.05, 0) is 26.0 Å². The topological polar surface area (TPSA) is 43.9 Å². The molecule has 13 heavy (non-hydrogen) atoms. The number of H-pyrrole nitrogens is 2. The van der Waals surface area contributed by atoms with Crippen molar-refractivity contribution in [2.75, 3.05) is 7.05 Å². The summed E-state index contributed by atoms with van der Waals surface area (Å²) >= 11 is 0. The van der Waals surface area contributed by atoms with Gasteiger partial charge in [0, 0.05) is 7.05 Å². The number of rotatable bonds is 2. The van der Waals surface area contributed by atoms with Gasteiger partial charge in [0.2, 0.25) is 0 Å². The van der Waals surface area contributed by atoms with Crippen LogP contribution in [0.3, 0.4) is 0 Å². The Morgan fingerprint density at radius 2 is 1.46 bits per heavy atom. The van der Waals surface area contributed by atoms with E-state index in [1.807, 2.05) is 38.2 Å². The third-order valence-corrected chi connectivity index (χ3v) is 1.69. The molecule has 0 aliphatic rings. The zero-order valence-corrected chi connectivity index (χ0v) is 8.26. The van der Waals surface area contributed by atoms with Gasteiger partial charge in [-0.3, -0.25) is 4.99 Å². The van der Waals surface area contributed by atoms with Crippen molar-refractivity contribution in [2.24, 2.45) is 4.99 Å². The number of hydrogen-bond acceptors (Lipinski definition) is 1. The lowest BCUT2D eigenvalue weighted by molar-refractivity contribution is 1.05. The third kappa shape index (κ3) is 2.21. The van der Waals surface area contributed by atoms with Gasteiger partial charge in [0.05, 0.1) is 11.4 Å². The summed E-state index contributed by atoms with van der Waals surface area (Å²) in [5.41, 5.74) is 2.91. The summed E-state index contributed by atoms with van der Waals surface area (Å²) in [6.07, 6.45) is 8.01. The first-order valence-electron chi connectivity index (χ1n) is 4.32. The molecule has 0 saturated heterocycles. The fourth-order valence-electron chi connectivity index (χ4n) is 1.13. The molecule has 0 saturated carbocycles. The van der Waals surface area contributed by atoms with Crippen LogP contribution in [0, 0.1) is 0 Å². The zero-order chi connectivity index (χ0) is 9.68. The van der Waals surface area contributed by atoms with E-state index < -0.39 is 0 Å². The van der Waals surface area contributed by atoms with Gasteiger partial charge < -0.3 is 9.97 Å². The van der Waals surface area contributed by atoms with Crippen molar-refractivity contribution in [3.05, 3.63) is 29.2 Å². The Bertz CT molecular complexity index is 345. The Hall–Kier alpha value is -1.51. The van der Waals surface area contributed by atoms with Gasteiger partial charge in [-0.25, -0.2) is 0 Å². The van der Waals surface area contributed by atoms with Crippen LogP contribution in [0.4, 0.5) is 0 Å². The number of imidazole rings is 1. The molecular formula is C10H15N3. The second-order valence-electron chi connectivity index (χ2n) is 2.65. The molecule has 3 heteroatoms. The van der Waals surface area contributed by atoms with Gasteiger partial charge in [-0.15, -0.1) is 0 Å². The fraction of sp³-hybridized carbons (Fsp3) is 0.300. The number of hydrogen-bond donors (Lipinski definition) is 2. The molecule has 0 spiro atoms. The van der Waals surface area contributed by atoms with E-state index in [4.69, 9.17) is 0 Å². The van der Waals surface area contributed by atoms with Crippen molar-refractivity contribution in [3.63, 3.8) is 0 Å². The van der Waals surface area contributed by atoms with Crippen molar-refractivity contribution in [1.29, 1.82) is 0 Å². The van der Waals surface area contributed by atoms with Gasteiger partial charge in [0.25, 0.3) is 0 Å². The minimum Gasteiger partial charge on any atom is -0.324 e. The number of aromatic amines is 2. The van der Waals surface area contributed by atoms with Crippen molar-refractivity contribution in [3.8, 4) is 0 Å². The van der Waals surface area contributed by atoms with Crippen LogP contribution in [0.1, 0.15) is 25.2 Å². The predicted molar refractivity (Wildman–Crippen MR) is 56.0 cm³/mol. The van der Waals surface area contributed by atoms with Gasteiger partial charge in [-0.1, -0.05) is 12.2 Å². The molecule has 3 nitrogen and oxygen atoms in total. The van der Waals surface area contributed by atoms with E-state index in [-0.39, 0.29) is 0 Å². The Labute approximate surface area is 77.9 Å². The van der Waals surface area contributed by atoms with Crippen LogP contribution in [0.5, 0.6) is 0 Å². The lowest BCUT2D eigenvalue weighted by Gasteiger charge is -1.88. The van der Waals surface area contributed by atoms with Gasteiger partial charge in [0.1, 0.15) is 0 Å². The molecule has 0 radical (unpaired) electrons. The zero-order valence-electron chi connectivity index (χ0n) is 8.26. The van der Waals surface area contributed by atoms with Crippen molar-refractivity contribution in [1.82, 2.24) is 9.97 Å². The van der Waals surface area contributed by atoms with E-state index in [9.17, 15) is 0 Å². The highest BCUT2D eigenvalue weighted by Crippen LogP contribution is 2.04. The second-order valence-corrected chi connectivity index (χ2v) is 2.65. The fourth-order valence-corrected chi connectivity index (χ4v) is 1.13. The molecule has 2 N–H and O–H groups in total. The highest BCUT2D eigenvalue weighted by molar-refractivity contribution is 5.58. The molecule has 0 aromatic carbocycles. The van der Waals surface area contributed by atoms with Crippen LogP contribution < -0.4 is 5.62 Å². The van der Waals surface area contributed by atoms with Crippen LogP contribution in [0.2, 0.25) is 0 Å². The molecule has 0 bridgehead atoms. The standard InChI is InChI=1S/C10H15N3/c1-4-6-8-9(7-5-2)13-10(11-3)12-8/h4-7H,1-3H3,(H2,11,12,13)/b6-4-,7-5-. The molecule has 0 aliphatic heterocycles. The average molecular weight is 177 g/mol. The SMILES string of the molecule is C/C=C\c1[nH]c(=NC)[nH]c1/C=C\C. The summed E-state index contributed by atoms with van der Waals surface area (Å²) in [7, 11) is 1.75. The molecule has 1 rings (SSSR count). The summed E-state index contributed by atoms with van der Waals surface area (Å²) in [5, 5.41) is 0. The normalized spacial score (nSPS) is 11.6. The molecule has 0 unspecified atom stereocenters. The molecule has 1 aromatic heterocycles. The quantitative estimate of drug-likeness (QED) is 0.693. The molecule has 1 heterocycles. The highest BCUT2D eigenvalue weighted by Gasteiger charge is 1.97. The molecule has 0 aliphatic carbocycles. The van der Waals surface area contributed by atoms with E-state index in [2.05, 4.69) is 15.0 Å². The summed E-state index contributed by atoms with van der Waals surface area (Å²) in [6, 6.07) is 0. The van der Waals surface area contributed by atoms with Crippen molar-refractivity contribution in [2.45, 2.75) is 13.8 Å². The Morgan fingerprint density at radius 1 is 1.00 bits per heavy atom. The lowest BCUT2D eigenvalue weighted by atomic mass is 10.3. The largest absolute Gasteiger partial charge is 0.324 e. The van der Waals surface area contributed by atoms with Crippen LogP contribution in [0.15, 0.2) is 17.1 Å². The molecule has 1 aromatic rings. The summed E-state index contributed by atoms with van der Waals surface area (Å²) in [5.74, 6) is 0. The Kier molecular flexibility index (Phi) is 3.31. The first kappa shape index (κ1) is 9.58. The van der Waals surface area contributed by atoms with Gasteiger partial charge in [-0.2, -0.15) is 0 Å². The molecule has 0 atom stereocenters. The minimum absolute atomic E-state index is 0.793. The van der Waals surface area contributed by atoms with Crippen LogP contribution >= 0.6 is 0 Å². The van der Waals surface area contributed by atoms with E-state index in [1.165, 1.54) is 0 Å². The Balaban J connectivity index is 3.23. The number of nitrogens with zero attached hydrogens (tertiary/aromatic N) is 1. The monoisotopic (exact) mass is 177 g/mol. The maximum absolute atomic E-state index is 4.04. The van der Waals surface area contributed by atoms with Gasteiger partial charge >= 0.3 is 0 Å². The Morgan fingerprint density at radius 3 is 1.77 bits per heavy atom. The van der Waals surface area contributed by atoms with Crippen LogP contribution in [-0.2, 0) is 0 Å². The lowest BCUT2D eigenvalue weighted by Crippen LogP contribution is -2.04. The highest BCUT2D eigenvalue weighted by atomic mass is 15.0. The summed E-state index contributed by atoms with van der Waals surface area (Å²) < 4.78 is 0. The van der Waals surface area contributed by atoms with Gasteiger partial charge in [0.15, 0.2) is 5.62 Å². The van der Waals surface area contributed by atoms with Crippen LogP contribution in [-0.4, -0.2) is 17.0 Å². The number of nitrogens with one attached hydrogen (secondary N) is 2. The first-order chi connectivity index (χ1) is 6.31. The van der Waals surface area contributed by atoms with E-state index in [0.29, 0.717) is 0 Å².